The number of hydrogen-bond donors (Lipinski definition) is 1. The summed E-state index contributed by atoms with van der Waals surface area (Å²) < 4.78 is 36.5. The summed E-state index contributed by atoms with van der Waals surface area (Å²) in [5.41, 5.74) is 2.16. The maximum atomic E-state index is 12.6. The normalized spacial score (nSPS) is 11.1. The molecule has 7 nitrogen and oxygen atoms in total. The van der Waals surface area contributed by atoms with E-state index in [2.05, 4.69) is 5.32 Å². The Balaban J connectivity index is 1.72. The monoisotopic (exact) mass is 522 g/mol. The van der Waals surface area contributed by atoms with Gasteiger partial charge in [-0.2, -0.15) is 0 Å². The number of carbonyl (C=O) groups is 1. The molecule has 1 N–H and O–H groups in total. The lowest BCUT2D eigenvalue weighted by molar-refractivity contribution is 0.0951. The molecule has 3 aromatic rings. The van der Waals surface area contributed by atoms with Crippen LogP contribution in [0.3, 0.4) is 0 Å². The summed E-state index contributed by atoms with van der Waals surface area (Å²) >= 11 is 12.5. The topological polar surface area (TPSA) is 84.9 Å². The van der Waals surface area contributed by atoms with E-state index in [0.29, 0.717) is 29.2 Å². The third-order valence-corrected chi connectivity index (χ3v) is 6.75. The SMILES string of the molecule is COc1ccc(CNC(=O)c2ccc(CN(c3c(Cl)cccc3Cl)S(C)(=O)=O)cc2)cc1OC. The largest absolute Gasteiger partial charge is 0.493 e. The van der Waals surface area contributed by atoms with Crippen LogP contribution in [-0.4, -0.2) is 34.8 Å². The Kier molecular flexibility index (Phi) is 8.30. The first-order valence-corrected chi connectivity index (χ1v) is 12.7. The molecular formula is C24H24Cl2N2O5S. The standard InChI is InChI=1S/C24H24Cl2N2O5S/c1-32-21-12-9-17(13-22(21)33-2)14-27-24(29)18-10-7-16(8-11-18)15-28(34(3,30)31)23-19(25)5-4-6-20(23)26/h4-13H,14-15H2,1-3H3,(H,27,29). The summed E-state index contributed by atoms with van der Waals surface area (Å²) in [5.74, 6) is 0.914. The molecule has 0 aliphatic heterocycles. The maximum Gasteiger partial charge on any atom is 0.251 e. The van der Waals surface area contributed by atoms with Gasteiger partial charge in [-0.15, -0.1) is 0 Å². The zero-order valence-corrected chi connectivity index (χ0v) is 21.2. The molecule has 3 rings (SSSR count). The fourth-order valence-corrected chi connectivity index (χ4v) is 4.91. The van der Waals surface area contributed by atoms with Crippen LogP contribution in [0.4, 0.5) is 5.69 Å². The second-order valence-corrected chi connectivity index (χ2v) is 10.1. The Morgan fingerprint density at radius 3 is 2.06 bits per heavy atom. The first-order valence-electron chi connectivity index (χ1n) is 10.1. The third-order valence-electron chi connectivity index (χ3n) is 5.03. The quantitative estimate of drug-likeness (QED) is 0.431. The molecule has 180 valence electrons. The molecule has 0 aliphatic carbocycles. The van der Waals surface area contributed by atoms with Crippen molar-refractivity contribution in [1.82, 2.24) is 5.32 Å². The predicted molar refractivity (Wildman–Crippen MR) is 135 cm³/mol. The lowest BCUT2D eigenvalue weighted by Gasteiger charge is -2.24. The molecule has 0 aliphatic rings. The van der Waals surface area contributed by atoms with E-state index in [1.54, 1.807) is 68.8 Å². The van der Waals surface area contributed by atoms with Crippen LogP contribution in [0.15, 0.2) is 60.7 Å². The molecule has 0 heterocycles. The molecule has 0 saturated carbocycles. The van der Waals surface area contributed by atoms with Crippen molar-refractivity contribution in [2.45, 2.75) is 13.1 Å². The van der Waals surface area contributed by atoms with Crippen molar-refractivity contribution in [3.8, 4) is 11.5 Å². The van der Waals surface area contributed by atoms with Crippen molar-refractivity contribution in [2.24, 2.45) is 0 Å². The van der Waals surface area contributed by atoms with E-state index in [0.717, 1.165) is 16.1 Å². The lowest BCUT2D eigenvalue weighted by Crippen LogP contribution is -2.30. The van der Waals surface area contributed by atoms with Crippen molar-refractivity contribution in [1.29, 1.82) is 0 Å². The van der Waals surface area contributed by atoms with Gasteiger partial charge in [0, 0.05) is 12.1 Å². The highest BCUT2D eigenvalue weighted by Crippen LogP contribution is 2.36. The molecular weight excluding hydrogens is 499 g/mol. The zero-order chi connectivity index (χ0) is 24.9. The summed E-state index contributed by atoms with van der Waals surface area (Å²) in [6.07, 6.45) is 1.09. The van der Waals surface area contributed by atoms with Gasteiger partial charge in [-0.25, -0.2) is 8.42 Å². The van der Waals surface area contributed by atoms with Gasteiger partial charge < -0.3 is 14.8 Å². The number of rotatable bonds is 9. The van der Waals surface area contributed by atoms with Crippen LogP contribution >= 0.6 is 23.2 Å². The Morgan fingerprint density at radius 1 is 0.912 bits per heavy atom. The van der Waals surface area contributed by atoms with Crippen LogP contribution < -0.4 is 19.1 Å². The summed E-state index contributed by atoms with van der Waals surface area (Å²) in [6.45, 7) is 0.309. The number of para-hydroxylation sites is 1. The van der Waals surface area contributed by atoms with Crippen LogP contribution in [0.25, 0.3) is 0 Å². The fraction of sp³-hybridized carbons (Fsp3) is 0.208. The summed E-state index contributed by atoms with van der Waals surface area (Å²) in [7, 11) is -0.567. The van der Waals surface area contributed by atoms with Crippen LogP contribution in [0.5, 0.6) is 11.5 Å². The molecule has 3 aromatic carbocycles. The van der Waals surface area contributed by atoms with Gasteiger partial charge >= 0.3 is 0 Å². The van der Waals surface area contributed by atoms with Gasteiger partial charge in [0.15, 0.2) is 11.5 Å². The number of methoxy groups -OCH3 is 2. The molecule has 0 radical (unpaired) electrons. The molecule has 0 fully saturated rings. The smallest absolute Gasteiger partial charge is 0.251 e. The van der Waals surface area contributed by atoms with Gasteiger partial charge in [-0.1, -0.05) is 47.5 Å². The van der Waals surface area contributed by atoms with Gasteiger partial charge in [0.05, 0.1) is 42.8 Å². The highest BCUT2D eigenvalue weighted by Gasteiger charge is 2.23. The summed E-state index contributed by atoms with van der Waals surface area (Å²) in [5, 5.41) is 3.30. The van der Waals surface area contributed by atoms with Gasteiger partial charge in [0.1, 0.15) is 0 Å². The van der Waals surface area contributed by atoms with Crippen molar-refractivity contribution < 1.29 is 22.7 Å². The molecule has 0 unspecified atom stereocenters. The molecule has 10 heteroatoms. The fourth-order valence-electron chi connectivity index (χ4n) is 3.29. The number of halogens is 2. The average molecular weight is 523 g/mol. The molecule has 0 spiro atoms. The molecule has 34 heavy (non-hydrogen) atoms. The molecule has 0 atom stereocenters. The Labute approximate surface area is 209 Å². The molecule has 0 aromatic heterocycles. The van der Waals surface area contributed by atoms with E-state index in [1.807, 2.05) is 6.07 Å². The minimum Gasteiger partial charge on any atom is -0.493 e. The van der Waals surface area contributed by atoms with Crippen molar-refractivity contribution in [3.63, 3.8) is 0 Å². The zero-order valence-electron chi connectivity index (χ0n) is 18.8. The number of anilines is 1. The average Bonchev–Trinajstić information content (AvgIpc) is 2.81. The van der Waals surface area contributed by atoms with Crippen LogP contribution in [0.1, 0.15) is 21.5 Å². The van der Waals surface area contributed by atoms with Gasteiger partial charge in [-0.05, 0) is 47.5 Å². The van der Waals surface area contributed by atoms with E-state index < -0.39 is 10.0 Å². The third kappa shape index (κ3) is 6.14. The van der Waals surface area contributed by atoms with Crippen LogP contribution in [0, 0.1) is 0 Å². The summed E-state index contributed by atoms with van der Waals surface area (Å²) in [6, 6.07) is 16.8. The summed E-state index contributed by atoms with van der Waals surface area (Å²) in [4.78, 5) is 12.6. The minimum absolute atomic E-state index is 0.00975. The van der Waals surface area contributed by atoms with Crippen molar-refractivity contribution >= 4 is 44.8 Å². The molecule has 0 saturated heterocycles. The van der Waals surface area contributed by atoms with Crippen molar-refractivity contribution in [3.05, 3.63) is 87.4 Å². The van der Waals surface area contributed by atoms with E-state index in [4.69, 9.17) is 32.7 Å². The first kappa shape index (κ1) is 25.7. The number of hydrogen-bond acceptors (Lipinski definition) is 5. The Bertz CT molecular complexity index is 1260. The molecule has 0 bridgehead atoms. The van der Waals surface area contributed by atoms with Crippen molar-refractivity contribution in [2.75, 3.05) is 24.8 Å². The Morgan fingerprint density at radius 2 is 1.50 bits per heavy atom. The number of ether oxygens (including phenoxy) is 2. The molecule has 1 amide bonds. The Hall–Kier alpha value is -2.94. The van der Waals surface area contributed by atoms with Gasteiger partial charge in [0.2, 0.25) is 10.0 Å². The van der Waals surface area contributed by atoms with E-state index >= 15 is 0 Å². The highest BCUT2D eigenvalue weighted by molar-refractivity contribution is 7.92. The number of carbonyl (C=O) groups excluding carboxylic acids is 1. The number of amides is 1. The second kappa shape index (κ2) is 11.0. The van der Waals surface area contributed by atoms with Gasteiger partial charge in [0.25, 0.3) is 5.91 Å². The first-order chi connectivity index (χ1) is 16.1. The number of benzene rings is 3. The van der Waals surface area contributed by atoms with Crippen LogP contribution in [0.2, 0.25) is 10.0 Å². The second-order valence-electron chi connectivity index (χ2n) is 7.41. The van der Waals surface area contributed by atoms with E-state index in [9.17, 15) is 13.2 Å². The van der Waals surface area contributed by atoms with E-state index in [-0.39, 0.29) is 28.2 Å². The maximum absolute atomic E-state index is 12.6. The predicted octanol–water partition coefficient (Wildman–Crippen LogP) is 4.91. The number of sulfonamides is 1. The van der Waals surface area contributed by atoms with Crippen LogP contribution in [-0.2, 0) is 23.1 Å². The number of nitrogens with zero attached hydrogens (tertiary/aromatic N) is 1. The van der Waals surface area contributed by atoms with E-state index in [1.165, 1.54) is 0 Å². The highest BCUT2D eigenvalue weighted by atomic mass is 35.5. The number of nitrogens with one attached hydrogen (secondary N) is 1. The lowest BCUT2D eigenvalue weighted by atomic mass is 10.1. The van der Waals surface area contributed by atoms with Gasteiger partial charge in [-0.3, -0.25) is 9.10 Å². The minimum atomic E-state index is -3.67.